The Morgan fingerprint density at radius 3 is 2.46 bits per heavy atom. The summed E-state index contributed by atoms with van der Waals surface area (Å²) in [5, 5.41) is 3.43. The summed E-state index contributed by atoms with van der Waals surface area (Å²) in [6.45, 7) is 5.67. The molecule has 1 fully saturated rings. The summed E-state index contributed by atoms with van der Waals surface area (Å²) < 4.78 is 0. The summed E-state index contributed by atoms with van der Waals surface area (Å²) in [4.78, 5) is 25.3. The molecule has 2 aromatic rings. The minimum atomic E-state index is -0.250. The number of halogens is 1. The Morgan fingerprint density at radius 1 is 1.17 bits per heavy atom. The lowest BCUT2D eigenvalue weighted by Crippen LogP contribution is -2.45. The van der Waals surface area contributed by atoms with Gasteiger partial charge in [0.25, 0.3) is 5.91 Å². The number of hydrogen-bond acceptors (Lipinski definition) is 5. The lowest BCUT2D eigenvalue weighted by atomic mass is 10.2. The summed E-state index contributed by atoms with van der Waals surface area (Å²) in [5.41, 5.74) is 2.04. The van der Waals surface area contributed by atoms with Crippen LogP contribution >= 0.6 is 11.6 Å². The number of carbonyl (C=O) groups is 1. The van der Waals surface area contributed by atoms with Gasteiger partial charge in [0.1, 0.15) is 0 Å². The van der Waals surface area contributed by atoms with E-state index in [9.17, 15) is 4.79 Å². The number of aromatic nitrogens is 2. The van der Waals surface area contributed by atoms with E-state index in [4.69, 9.17) is 11.6 Å². The number of anilines is 2. The van der Waals surface area contributed by atoms with E-state index in [1.54, 1.807) is 18.5 Å². The molecule has 2 heterocycles. The minimum absolute atomic E-state index is 0.250. The summed E-state index contributed by atoms with van der Waals surface area (Å²) in [5.74, 6) is 0.415. The fraction of sp³-hybridized carbons (Fsp3) is 0.353. The fourth-order valence-electron chi connectivity index (χ4n) is 2.48. The first-order valence-corrected chi connectivity index (χ1v) is 8.24. The molecule has 1 aromatic heterocycles. The Labute approximate surface area is 146 Å². The van der Waals surface area contributed by atoms with Crippen molar-refractivity contribution in [3.63, 3.8) is 0 Å². The second kappa shape index (κ2) is 7.15. The van der Waals surface area contributed by atoms with Crippen LogP contribution in [0, 0.1) is 6.92 Å². The molecule has 1 N–H and O–H groups in total. The molecule has 1 aromatic carbocycles. The van der Waals surface area contributed by atoms with Gasteiger partial charge in [-0.1, -0.05) is 17.7 Å². The number of amides is 1. The van der Waals surface area contributed by atoms with Crippen molar-refractivity contribution in [1.29, 1.82) is 0 Å². The van der Waals surface area contributed by atoms with Crippen molar-refractivity contribution < 1.29 is 4.79 Å². The van der Waals surface area contributed by atoms with Crippen LogP contribution in [0.5, 0.6) is 0 Å². The molecule has 0 unspecified atom stereocenters. The molecule has 1 saturated heterocycles. The molecule has 0 atom stereocenters. The molecule has 0 aliphatic carbocycles. The molecule has 7 heteroatoms. The first kappa shape index (κ1) is 16.7. The maximum Gasteiger partial charge on any atom is 0.258 e. The molecular weight excluding hydrogens is 326 g/mol. The molecular formula is C17H20ClN5O. The quantitative estimate of drug-likeness (QED) is 0.925. The van der Waals surface area contributed by atoms with Crippen molar-refractivity contribution in [2.45, 2.75) is 6.92 Å². The van der Waals surface area contributed by atoms with E-state index in [2.05, 4.69) is 32.1 Å². The zero-order valence-corrected chi connectivity index (χ0v) is 14.5. The molecule has 126 valence electrons. The lowest BCUT2D eigenvalue weighted by Gasteiger charge is -2.32. The molecule has 24 heavy (non-hydrogen) atoms. The number of benzene rings is 1. The Morgan fingerprint density at radius 2 is 1.83 bits per heavy atom. The van der Waals surface area contributed by atoms with Crippen LogP contribution in [0.25, 0.3) is 0 Å². The van der Waals surface area contributed by atoms with E-state index in [1.807, 2.05) is 19.1 Å². The second-order valence-electron chi connectivity index (χ2n) is 5.98. The van der Waals surface area contributed by atoms with Crippen molar-refractivity contribution in [1.82, 2.24) is 14.9 Å². The highest BCUT2D eigenvalue weighted by Gasteiger charge is 2.17. The molecule has 0 bridgehead atoms. The zero-order valence-electron chi connectivity index (χ0n) is 13.8. The molecule has 3 rings (SSSR count). The van der Waals surface area contributed by atoms with Gasteiger partial charge in [0, 0.05) is 49.3 Å². The minimum Gasteiger partial charge on any atom is -0.338 e. The predicted octanol–water partition coefficient (Wildman–Crippen LogP) is 2.44. The maximum atomic E-state index is 12.3. The van der Waals surface area contributed by atoms with E-state index in [0.29, 0.717) is 22.2 Å². The monoisotopic (exact) mass is 345 g/mol. The first-order valence-electron chi connectivity index (χ1n) is 7.86. The van der Waals surface area contributed by atoms with Gasteiger partial charge in [-0.2, -0.15) is 0 Å². The lowest BCUT2D eigenvalue weighted by molar-refractivity contribution is 0.102. The molecule has 1 aliphatic heterocycles. The highest BCUT2D eigenvalue weighted by atomic mass is 35.5. The van der Waals surface area contributed by atoms with Gasteiger partial charge in [0.15, 0.2) is 0 Å². The van der Waals surface area contributed by atoms with Crippen molar-refractivity contribution in [3.8, 4) is 0 Å². The Hall–Kier alpha value is -2.18. The number of likely N-dealkylation sites (N-methyl/N-ethyl adjacent to an activating group) is 1. The van der Waals surface area contributed by atoms with E-state index >= 15 is 0 Å². The summed E-state index contributed by atoms with van der Waals surface area (Å²) in [7, 11) is 2.10. The maximum absolute atomic E-state index is 12.3. The Bertz CT molecular complexity index is 726. The topological polar surface area (TPSA) is 61.4 Å². The SMILES string of the molecule is Cc1ccc(NC(=O)c2cnc(N3CCN(C)CC3)nc2)cc1Cl. The van der Waals surface area contributed by atoms with E-state index < -0.39 is 0 Å². The standard InChI is InChI=1S/C17H20ClN5O/c1-12-3-4-14(9-15(12)18)21-16(24)13-10-19-17(20-11-13)23-7-5-22(2)6-8-23/h3-4,9-11H,5-8H2,1-2H3,(H,21,24). The van der Waals surface area contributed by atoms with Crippen LogP contribution in [0.15, 0.2) is 30.6 Å². The third kappa shape index (κ3) is 3.83. The van der Waals surface area contributed by atoms with Crippen molar-refractivity contribution >= 4 is 29.1 Å². The van der Waals surface area contributed by atoms with Gasteiger partial charge < -0.3 is 15.1 Å². The molecule has 0 radical (unpaired) electrons. The molecule has 1 amide bonds. The highest BCUT2D eigenvalue weighted by molar-refractivity contribution is 6.31. The summed E-state index contributed by atoms with van der Waals surface area (Å²) in [6.07, 6.45) is 3.12. The number of rotatable bonds is 3. The van der Waals surface area contributed by atoms with E-state index in [1.165, 1.54) is 0 Å². The fourth-order valence-corrected chi connectivity index (χ4v) is 2.66. The van der Waals surface area contributed by atoms with Crippen LogP contribution in [0.2, 0.25) is 5.02 Å². The Balaban J connectivity index is 1.66. The average Bonchev–Trinajstić information content (AvgIpc) is 2.59. The zero-order chi connectivity index (χ0) is 17.1. The van der Waals surface area contributed by atoms with Crippen LogP contribution in [0.4, 0.5) is 11.6 Å². The number of hydrogen-bond donors (Lipinski definition) is 1. The first-order chi connectivity index (χ1) is 11.5. The average molecular weight is 346 g/mol. The van der Waals surface area contributed by atoms with Gasteiger partial charge in [0.05, 0.1) is 5.56 Å². The van der Waals surface area contributed by atoms with Gasteiger partial charge in [0.2, 0.25) is 5.95 Å². The van der Waals surface area contributed by atoms with Crippen molar-refractivity contribution in [2.24, 2.45) is 0 Å². The number of aryl methyl sites for hydroxylation is 1. The molecule has 0 spiro atoms. The third-order valence-electron chi connectivity index (χ3n) is 4.12. The molecule has 1 aliphatic rings. The van der Waals surface area contributed by atoms with Gasteiger partial charge in [-0.05, 0) is 31.7 Å². The largest absolute Gasteiger partial charge is 0.338 e. The third-order valence-corrected chi connectivity index (χ3v) is 4.52. The number of nitrogens with zero attached hydrogens (tertiary/aromatic N) is 4. The second-order valence-corrected chi connectivity index (χ2v) is 6.39. The number of carbonyl (C=O) groups excluding carboxylic acids is 1. The van der Waals surface area contributed by atoms with Crippen LogP contribution in [-0.4, -0.2) is 54.0 Å². The van der Waals surface area contributed by atoms with Crippen molar-refractivity contribution in [2.75, 3.05) is 43.4 Å². The normalized spacial score (nSPS) is 15.4. The number of piperazine rings is 1. The van der Waals surface area contributed by atoms with Crippen molar-refractivity contribution in [3.05, 3.63) is 46.7 Å². The molecule has 6 nitrogen and oxygen atoms in total. The van der Waals surface area contributed by atoms with E-state index in [-0.39, 0.29) is 5.91 Å². The van der Waals surface area contributed by atoms with Gasteiger partial charge in [-0.25, -0.2) is 9.97 Å². The summed E-state index contributed by atoms with van der Waals surface area (Å²) in [6, 6.07) is 5.41. The highest BCUT2D eigenvalue weighted by Crippen LogP contribution is 2.20. The molecule has 0 saturated carbocycles. The summed E-state index contributed by atoms with van der Waals surface area (Å²) >= 11 is 6.08. The van der Waals surface area contributed by atoms with Crippen LogP contribution in [0.1, 0.15) is 15.9 Å². The predicted molar refractivity (Wildman–Crippen MR) is 95.9 cm³/mol. The Kier molecular flexibility index (Phi) is 4.97. The van der Waals surface area contributed by atoms with Crippen LogP contribution in [-0.2, 0) is 0 Å². The van der Waals surface area contributed by atoms with Gasteiger partial charge >= 0.3 is 0 Å². The van der Waals surface area contributed by atoms with E-state index in [0.717, 1.165) is 31.7 Å². The van der Waals surface area contributed by atoms with Gasteiger partial charge in [-0.15, -0.1) is 0 Å². The number of nitrogens with one attached hydrogen (secondary N) is 1. The van der Waals surface area contributed by atoms with Crippen LogP contribution < -0.4 is 10.2 Å². The van der Waals surface area contributed by atoms with Gasteiger partial charge in [-0.3, -0.25) is 4.79 Å². The smallest absolute Gasteiger partial charge is 0.258 e. The van der Waals surface area contributed by atoms with Crippen LogP contribution in [0.3, 0.4) is 0 Å².